The van der Waals surface area contributed by atoms with E-state index in [1.165, 1.54) is 0 Å². The maximum Gasteiger partial charge on any atom is 0.0595 e. The van der Waals surface area contributed by atoms with Crippen molar-refractivity contribution < 1.29 is 0 Å². The van der Waals surface area contributed by atoms with E-state index in [4.69, 9.17) is 28.9 Å². The summed E-state index contributed by atoms with van der Waals surface area (Å²) in [6.07, 6.45) is 0. The maximum absolute atomic E-state index is 6.36. The lowest BCUT2D eigenvalue weighted by molar-refractivity contribution is 0.708. The number of benzene rings is 1. The Morgan fingerprint density at radius 3 is 2.56 bits per heavy atom. The van der Waals surface area contributed by atoms with Gasteiger partial charge in [0.15, 0.2) is 0 Å². The molecule has 0 bridgehead atoms. The molecule has 100 valence electrons. The van der Waals surface area contributed by atoms with E-state index >= 15 is 0 Å². The molecule has 0 amide bonds. The van der Waals surface area contributed by atoms with Crippen molar-refractivity contribution in [2.24, 2.45) is 5.73 Å². The highest BCUT2D eigenvalue weighted by Crippen LogP contribution is 2.40. The highest BCUT2D eigenvalue weighted by Gasteiger charge is 2.30. The van der Waals surface area contributed by atoms with E-state index in [9.17, 15) is 0 Å². The first-order chi connectivity index (χ1) is 8.49. The van der Waals surface area contributed by atoms with Gasteiger partial charge in [-0.15, -0.1) is 0 Å². The molecule has 1 aromatic rings. The molecule has 18 heavy (non-hydrogen) atoms. The van der Waals surface area contributed by atoms with E-state index in [0.29, 0.717) is 25.8 Å². The molecule has 1 fully saturated rings. The van der Waals surface area contributed by atoms with Crippen LogP contribution in [0.3, 0.4) is 0 Å². The number of thioether (sulfide) groups is 2. The number of hydrogen-bond donors (Lipinski definition) is 1. The smallest absolute Gasteiger partial charge is 0.0595 e. The molecule has 2 N–H and O–H groups in total. The summed E-state index contributed by atoms with van der Waals surface area (Å²) in [5.41, 5.74) is 7.43. The molecule has 1 nitrogen and oxygen atoms in total. The van der Waals surface area contributed by atoms with Crippen LogP contribution < -0.4 is 5.73 Å². The molecule has 0 spiro atoms. The third-order valence-corrected chi connectivity index (χ3v) is 7.56. The third kappa shape index (κ3) is 3.31. The second-order valence-electron chi connectivity index (χ2n) is 4.62. The molecular weight excluding hydrogens is 305 g/mol. The highest BCUT2D eigenvalue weighted by atomic mass is 35.5. The van der Waals surface area contributed by atoms with Crippen molar-refractivity contribution >= 4 is 46.7 Å². The molecule has 1 heterocycles. The average Bonchev–Trinajstić information content (AvgIpc) is 2.35. The molecule has 2 rings (SSSR count). The van der Waals surface area contributed by atoms with Gasteiger partial charge in [-0.05, 0) is 17.7 Å². The van der Waals surface area contributed by atoms with E-state index in [1.54, 1.807) is 0 Å². The number of rotatable bonds is 2. The van der Waals surface area contributed by atoms with Crippen molar-refractivity contribution in [3.63, 3.8) is 0 Å². The number of hydrogen-bond acceptors (Lipinski definition) is 3. The van der Waals surface area contributed by atoms with Crippen LogP contribution in [0.5, 0.6) is 0 Å². The minimum Gasteiger partial charge on any atom is -0.323 e. The van der Waals surface area contributed by atoms with Crippen LogP contribution in [-0.2, 0) is 0 Å². The van der Waals surface area contributed by atoms with E-state index in [2.05, 4.69) is 13.8 Å². The fraction of sp³-hybridized carbons (Fsp3) is 0.538. The van der Waals surface area contributed by atoms with Gasteiger partial charge in [-0.2, -0.15) is 23.5 Å². The van der Waals surface area contributed by atoms with Crippen molar-refractivity contribution in [3.8, 4) is 0 Å². The molecule has 1 aliphatic rings. The predicted molar refractivity (Wildman–Crippen MR) is 86.2 cm³/mol. The second kappa shape index (κ2) is 6.27. The first-order valence-corrected chi connectivity index (χ1v) is 8.71. The van der Waals surface area contributed by atoms with Crippen molar-refractivity contribution in [2.75, 3.05) is 5.75 Å². The SMILES string of the molecule is CC1SCC(C(N)c2ccc(Cl)c(Cl)c2)SC1C. The molecular formula is C13H17Cl2NS2. The van der Waals surface area contributed by atoms with Gasteiger partial charge in [0.2, 0.25) is 0 Å². The molecule has 1 aliphatic heterocycles. The van der Waals surface area contributed by atoms with Crippen LogP contribution in [0.2, 0.25) is 10.0 Å². The van der Waals surface area contributed by atoms with Gasteiger partial charge in [0.1, 0.15) is 0 Å². The average molecular weight is 322 g/mol. The third-order valence-electron chi connectivity index (χ3n) is 3.30. The van der Waals surface area contributed by atoms with Crippen molar-refractivity contribution in [1.82, 2.24) is 0 Å². The molecule has 4 atom stereocenters. The molecule has 1 saturated heterocycles. The first-order valence-electron chi connectivity index (χ1n) is 5.96. The van der Waals surface area contributed by atoms with Crippen LogP contribution in [0.15, 0.2) is 18.2 Å². The molecule has 0 aromatic heterocycles. The van der Waals surface area contributed by atoms with Crippen molar-refractivity contribution in [1.29, 1.82) is 0 Å². The summed E-state index contributed by atoms with van der Waals surface area (Å²) >= 11 is 16.0. The van der Waals surface area contributed by atoms with Crippen LogP contribution in [0.4, 0.5) is 0 Å². The minimum atomic E-state index is 0.0206. The Bertz CT molecular complexity index is 427. The highest BCUT2D eigenvalue weighted by molar-refractivity contribution is 8.07. The lowest BCUT2D eigenvalue weighted by Gasteiger charge is -2.34. The Kier molecular flexibility index (Phi) is 5.18. The lowest BCUT2D eigenvalue weighted by Crippen LogP contribution is -2.34. The van der Waals surface area contributed by atoms with E-state index in [0.717, 1.165) is 11.3 Å². The first kappa shape index (κ1) is 14.9. The molecule has 0 saturated carbocycles. The monoisotopic (exact) mass is 321 g/mol. The number of halogens is 2. The van der Waals surface area contributed by atoms with Crippen LogP contribution >= 0.6 is 46.7 Å². The second-order valence-corrected chi connectivity index (χ2v) is 8.46. The van der Waals surface area contributed by atoms with Crippen LogP contribution in [-0.4, -0.2) is 21.5 Å². The Hall–Kier alpha value is 0.460. The summed E-state index contributed by atoms with van der Waals surface area (Å²) in [7, 11) is 0. The molecule has 0 radical (unpaired) electrons. The number of nitrogens with two attached hydrogens (primary N) is 1. The summed E-state index contributed by atoms with van der Waals surface area (Å²) in [6.45, 7) is 4.55. The van der Waals surface area contributed by atoms with Crippen molar-refractivity contribution in [3.05, 3.63) is 33.8 Å². The van der Waals surface area contributed by atoms with Gasteiger partial charge < -0.3 is 5.73 Å². The maximum atomic E-state index is 6.36. The lowest BCUT2D eigenvalue weighted by atomic mass is 10.1. The predicted octanol–water partition coefficient (Wildman–Crippen LogP) is 4.62. The Morgan fingerprint density at radius 2 is 1.94 bits per heavy atom. The summed E-state index contributed by atoms with van der Waals surface area (Å²) < 4.78 is 0. The summed E-state index contributed by atoms with van der Waals surface area (Å²) in [5, 5.41) is 2.95. The zero-order valence-corrected chi connectivity index (χ0v) is 13.5. The van der Waals surface area contributed by atoms with Crippen molar-refractivity contribution in [2.45, 2.75) is 35.6 Å². The van der Waals surface area contributed by atoms with Crippen LogP contribution in [0.1, 0.15) is 25.5 Å². The van der Waals surface area contributed by atoms with Gasteiger partial charge in [0.25, 0.3) is 0 Å². The molecule has 1 aromatic carbocycles. The van der Waals surface area contributed by atoms with Crippen LogP contribution in [0.25, 0.3) is 0 Å². The summed E-state index contributed by atoms with van der Waals surface area (Å²) in [6, 6.07) is 5.72. The largest absolute Gasteiger partial charge is 0.323 e. The van der Waals surface area contributed by atoms with Gasteiger partial charge >= 0.3 is 0 Å². The minimum absolute atomic E-state index is 0.0206. The van der Waals surface area contributed by atoms with E-state index in [1.807, 2.05) is 41.7 Å². The van der Waals surface area contributed by atoms with Crippen LogP contribution in [0, 0.1) is 0 Å². The van der Waals surface area contributed by atoms with Gasteiger partial charge in [0.05, 0.1) is 10.0 Å². The Labute approximate surface area is 127 Å². The Balaban J connectivity index is 2.11. The van der Waals surface area contributed by atoms with Gasteiger partial charge in [-0.3, -0.25) is 0 Å². The molecule has 5 heteroatoms. The fourth-order valence-corrected chi connectivity index (χ4v) is 5.29. The summed E-state index contributed by atoms with van der Waals surface area (Å²) in [4.78, 5) is 0. The van der Waals surface area contributed by atoms with Gasteiger partial charge in [-0.1, -0.05) is 43.1 Å². The zero-order valence-electron chi connectivity index (χ0n) is 10.4. The quantitative estimate of drug-likeness (QED) is 0.860. The fourth-order valence-electron chi connectivity index (χ4n) is 1.93. The standard InChI is InChI=1S/C13H17Cl2NS2/c1-7-8(2)18-12(6-17-7)13(16)9-3-4-10(14)11(15)5-9/h3-5,7-8,12-13H,6,16H2,1-2H3. The zero-order chi connectivity index (χ0) is 13.3. The van der Waals surface area contributed by atoms with Gasteiger partial charge in [0, 0.05) is 27.5 Å². The van der Waals surface area contributed by atoms with Gasteiger partial charge in [-0.25, -0.2) is 0 Å². The van der Waals surface area contributed by atoms with E-state index < -0.39 is 0 Å². The molecule has 4 unspecified atom stereocenters. The molecule has 0 aliphatic carbocycles. The normalized spacial score (nSPS) is 30.2. The summed E-state index contributed by atoms with van der Waals surface area (Å²) in [5.74, 6) is 1.09. The Morgan fingerprint density at radius 1 is 1.22 bits per heavy atom. The topological polar surface area (TPSA) is 26.0 Å². The van der Waals surface area contributed by atoms with E-state index in [-0.39, 0.29) is 6.04 Å².